The van der Waals surface area contributed by atoms with Crippen molar-refractivity contribution in [1.29, 1.82) is 0 Å². The van der Waals surface area contributed by atoms with E-state index in [1.54, 1.807) is 18.2 Å². The molecule has 3 rings (SSSR count). The van der Waals surface area contributed by atoms with E-state index in [1.807, 2.05) is 0 Å². The first-order valence-corrected chi connectivity index (χ1v) is 8.00. The average molecular weight is 386 g/mol. The fraction of sp³-hybridized carbons (Fsp3) is 0.0526. The summed E-state index contributed by atoms with van der Waals surface area (Å²) in [6.45, 7) is 1.41. The van der Waals surface area contributed by atoms with Crippen molar-refractivity contribution in [3.05, 3.63) is 77.4 Å². The minimum Gasteiger partial charge on any atom is -0.322 e. The van der Waals surface area contributed by atoms with Crippen LogP contribution in [-0.4, -0.2) is 21.7 Å². The highest BCUT2D eigenvalue weighted by molar-refractivity contribution is 6.04. The number of carbonyl (C=O) groups is 2. The summed E-state index contributed by atoms with van der Waals surface area (Å²) in [5.74, 6) is -5.11. The van der Waals surface area contributed by atoms with Crippen molar-refractivity contribution in [2.24, 2.45) is 0 Å². The minimum atomic E-state index is -1.62. The molecule has 0 atom stereocenters. The second-order valence-electron chi connectivity index (χ2n) is 5.73. The number of anilines is 3. The molecule has 0 fully saturated rings. The summed E-state index contributed by atoms with van der Waals surface area (Å²) in [6.07, 6.45) is 2.36. The van der Waals surface area contributed by atoms with Crippen molar-refractivity contribution in [2.45, 2.75) is 6.92 Å². The summed E-state index contributed by atoms with van der Waals surface area (Å²) in [5.41, 5.74) is 0.618. The van der Waals surface area contributed by atoms with Crippen molar-refractivity contribution in [3.63, 3.8) is 0 Å². The van der Waals surface area contributed by atoms with Gasteiger partial charge in [-0.1, -0.05) is 12.1 Å². The Labute approximate surface area is 157 Å². The number of Topliss-reactive ketones (excluding diaryl/α,β-unsaturated/α-hetero) is 1. The molecule has 0 radical (unpaired) electrons. The van der Waals surface area contributed by atoms with Gasteiger partial charge in [0.1, 0.15) is 0 Å². The van der Waals surface area contributed by atoms with Crippen LogP contribution in [0.1, 0.15) is 27.6 Å². The summed E-state index contributed by atoms with van der Waals surface area (Å²) in [4.78, 5) is 31.4. The molecule has 0 aliphatic heterocycles. The molecule has 1 amide bonds. The van der Waals surface area contributed by atoms with Gasteiger partial charge in [0.2, 0.25) is 5.95 Å². The SMILES string of the molecule is CC(=O)c1cccc(NC(=O)c2cnc(Nc3ccc(F)c(F)c3F)nc2)c1. The molecular formula is C19H13F3N4O2. The highest BCUT2D eigenvalue weighted by atomic mass is 19.2. The lowest BCUT2D eigenvalue weighted by atomic mass is 10.1. The largest absolute Gasteiger partial charge is 0.322 e. The standard InChI is InChI=1S/C19H13F3N4O2/c1-10(27)11-3-2-4-13(7-11)25-18(28)12-8-23-19(24-9-12)26-15-6-5-14(20)16(21)17(15)22/h2-9H,1H3,(H,25,28)(H,23,24,26). The zero-order chi connectivity index (χ0) is 20.3. The lowest BCUT2D eigenvalue weighted by molar-refractivity contribution is 0.101. The molecule has 0 aliphatic rings. The van der Waals surface area contributed by atoms with Crippen LogP contribution in [-0.2, 0) is 0 Å². The third kappa shape index (κ3) is 4.14. The van der Waals surface area contributed by atoms with Crippen LogP contribution in [0.2, 0.25) is 0 Å². The Morgan fingerprint density at radius 1 is 0.929 bits per heavy atom. The Morgan fingerprint density at radius 3 is 2.32 bits per heavy atom. The summed E-state index contributed by atoms with van der Waals surface area (Å²) >= 11 is 0. The topological polar surface area (TPSA) is 84.0 Å². The molecule has 0 spiro atoms. The number of benzene rings is 2. The number of aromatic nitrogens is 2. The van der Waals surface area contributed by atoms with Crippen molar-refractivity contribution >= 4 is 29.0 Å². The predicted molar refractivity (Wildman–Crippen MR) is 96.0 cm³/mol. The maximum atomic E-state index is 13.7. The van der Waals surface area contributed by atoms with Gasteiger partial charge < -0.3 is 10.6 Å². The predicted octanol–water partition coefficient (Wildman–Crippen LogP) is 4.09. The van der Waals surface area contributed by atoms with Crippen LogP contribution in [0.15, 0.2) is 48.8 Å². The summed E-state index contributed by atoms with van der Waals surface area (Å²) in [7, 11) is 0. The van der Waals surface area contributed by atoms with Crippen LogP contribution in [0.3, 0.4) is 0 Å². The highest BCUT2D eigenvalue weighted by Gasteiger charge is 2.15. The fourth-order valence-corrected chi connectivity index (χ4v) is 2.27. The van der Waals surface area contributed by atoms with Crippen LogP contribution in [0.5, 0.6) is 0 Å². The van der Waals surface area contributed by atoms with E-state index in [4.69, 9.17) is 0 Å². The number of hydrogen-bond donors (Lipinski definition) is 2. The first-order valence-electron chi connectivity index (χ1n) is 8.00. The molecule has 142 valence electrons. The fourth-order valence-electron chi connectivity index (χ4n) is 2.27. The molecule has 3 aromatic rings. The first-order chi connectivity index (χ1) is 13.3. The molecule has 0 saturated carbocycles. The van der Waals surface area contributed by atoms with E-state index in [9.17, 15) is 22.8 Å². The smallest absolute Gasteiger partial charge is 0.258 e. The maximum Gasteiger partial charge on any atom is 0.258 e. The molecule has 9 heteroatoms. The van der Waals surface area contributed by atoms with E-state index in [-0.39, 0.29) is 23.0 Å². The van der Waals surface area contributed by atoms with Crippen LogP contribution in [0.4, 0.5) is 30.5 Å². The number of carbonyl (C=O) groups excluding carboxylic acids is 2. The van der Waals surface area contributed by atoms with Gasteiger partial charge in [-0.25, -0.2) is 23.1 Å². The van der Waals surface area contributed by atoms with Crippen LogP contribution < -0.4 is 10.6 Å². The molecule has 0 aliphatic carbocycles. The lowest BCUT2D eigenvalue weighted by Crippen LogP contribution is -2.13. The number of hydrogen-bond acceptors (Lipinski definition) is 5. The van der Waals surface area contributed by atoms with Crippen LogP contribution >= 0.6 is 0 Å². The van der Waals surface area contributed by atoms with Gasteiger partial charge in [-0.05, 0) is 31.2 Å². The molecule has 0 unspecified atom stereocenters. The van der Waals surface area contributed by atoms with E-state index in [0.717, 1.165) is 12.1 Å². The molecule has 2 aromatic carbocycles. The van der Waals surface area contributed by atoms with Crippen molar-refractivity contribution in [3.8, 4) is 0 Å². The van der Waals surface area contributed by atoms with E-state index in [0.29, 0.717) is 11.3 Å². The van der Waals surface area contributed by atoms with E-state index < -0.39 is 23.4 Å². The molecule has 0 saturated heterocycles. The quantitative estimate of drug-likeness (QED) is 0.510. The molecule has 0 bridgehead atoms. The second kappa shape index (κ2) is 7.87. The first kappa shape index (κ1) is 19.0. The Balaban J connectivity index is 1.72. The van der Waals surface area contributed by atoms with Gasteiger partial charge in [0, 0.05) is 23.6 Å². The zero-order valence-electron chi connectivity index (χ0n) is 14.5. The summed E-state index contributed by atoms with van der Waals surface area (Å²) in [6, 6.07) is 8.17. The molecule has 1 aromatic heterocycles. The number of nitrogens with zero attached hydrogens (tertiary/aromatic N) is 2. The van der Waals surface area contributed by atoms with Crippen LogP contribution in [0.25, 0.3) is 0 Å². The molecule has 6 nitrogen and oxygen atoms in total. The molecular weight excluding hydrogens is 373 g/mol. The zero-order valence-corrected chi connectivity index (χ0v) is 14.5. The highest BCUT2D eigenvalue weighted by Crippen LogP contribution is 2.22. The van der Waals surface area contributed by atoms with Gasteiger partial charge in [0.05, 0.1) is 11.3 Å². The van der Waals surface area contributed by atoms with E-state index >= 15 is 0 Å². The molecule has 1 heterocycles. The van der Waals surface area contributed by atoms with Crippen molar-refractivity contribution in [2.75, 3.05) is 10.6 Å². The Morgan fingerprint density at radius 2 is 1.64 bits per heavy atom. The molecule has 28 heavy (non-hydrogen) atoms. The van der Waals surface area contributed by atoms with Gasteiger partial charge in [0.25, 0.3) is 5.91 Å². The second-order valence-corrected chi connectivity index (χ2v) is 5.73. The van der Waals surface area contributed by atoms with E-state index in [1.165, 1.54) is 25.4 Å². The Bertz CT molecular complexity index is 1060. The van der Waals surface area contributed by atoms with Crippen LogP contribution in [0, 0.1) is 17.5 Å². The third-order valence-electron chi connectivity index (χ3n) is 3.72. The van der Waals surface area contributed by atoms with Crippen molar-refractivity contribution < 1.29 is 22.8 Å². The lowest BCUT2D eigenvalue weighted by Gasteiger charge is -2.08. The third-order valence-corrected chi connectivity index (χ3v) is 3.72. The summed E-state index contributed by atoms with van der Waals surface area (Å²) < 4.78 is 39.9. The number of amides is 1. The van der Waals surface area contributed by atoms with Gasteiger partial charge in [0.15, 0.2) is 23.2 Å². The monoisotopic (exact) mass is 386 g/mol. The Kier molecular flexibility index (Phi) is 5.35. The minimum absolute atomic E-state index is 0.101. The Hall–Kier alpha value is -3.75. The maximum absolute atomic E-state index is 13.7. The number of halogens is 3. The van der Waals surface area contributed by atoms with Gasteiger partial charge in [-0.2, -0.15) is 0 Å². The van der Waals surface area contributed by atoms with Gasteiger partial charge in [-0.3, -0.25) is 9.59 Å². The normalized spacial score (nSPS) is 10.4. The average Bonchev–Trinajstić information content (AvgIpc) is 2.69. The summed E-state index contributed by atoms with van der Waals surface area (Å²) in [5, 5.41) is 5.01. The van der Waals surface area contributed by atoms with Gasteiger partial charge in [-0.15, -0.1) is 0 Å². The van der Waals surface area contributed by atoms with E-state index in [2.05, 4.69) is 20.6 Å². The van der Waals surface area contributed by atoms with Gasteiger partial charge >= 0.3 is 0 Å². The number of rotatable bonds is 5. The van der Waals surface area contributed by atoms with Crippen molar-refractivity contribution in [1.82, 2.24) is 9.97 Å². The number of ketones is 1. The number of nitrogens with one attached hydrogen (secondary N) is 2. The molecule has 2 N–H and O–H groups in total.